The Bertz CT molecular complexity index is 792. The molecule has 4 heteroatoms. The molecular weight excluding hydrogens is 328 g/mol. The molecule has 0 saturated carbocycles. The maximum absolute atomic E-state index is 10.0. The van der Waals surface area contributed by atoms with Crippen LogP contribution in [0.2, 0.25) is 0 Å². The van der Waals surface area contributed by atoms with E-state index in [-0.39, 0.29) is 6.61 Å². The number of benzene rings is 2. The van der Waals surface area contributed by atoms with Crippen LogP contribution in [0.3, 0.4) is 0 Å². The number of rotatable bonds is 7. The van der Waals surface area contributed by atoms with Gasteiger partial charge in [0.25, 0.3) is 0 Å². The zero-order valence-electron chi connectivity index (χ0n) is 14.7. The minimum atomic E-state index is -0.436. The summed E-state index contributed by atoms with van der Waals surface area (Å²) >= 11 is 1.66. The van der Waals surface area contributed by atoms with Crippen molar-refractivity contribution in [2.24, 2.45) is 0 Å². The fourth-order valence-corrected chi connectivity index (χ4v) is 3.75. The topological polar surface area (TPSA) is 45.1 Å². The lowest BCUT2D eigenvalue weighted by atomic mass is 9.88. The highest BCUT2D eigenvalue weighted by molar-refractivity contribution is 7.13. The van der Waals surface area contributed by atoms with Crippen LogP contribution >= 0.6 is 11.3 Å². The Labute approximate surface area is 153 Å². The molecule has 2 aromatic carbocycles. The van der Waals surface area contributed by atoms with E-state index >= 15 is 0 Å². The molecule has 0 spiro atoms. The van der Waals surface area contributed by atoms with Crippen molar-refractivity contribution in [1.82, 2.24) is 10.3 Å². The van der Waals surface area contributed by atoms with Gasteiger partial charge in [-0.2, -0.15) is 0 Å². The predicted octanol–water partition coefficient (Wildman–Crippen LogP) is 4.51. The summed E-state index contributed by atoms with van der Waals surface area (Å²) in [4.78, 5) is 4.75. The van der Waals surface area contributed by atoms with Crippen molar-refractivity contribution in [3.63, 3.8) is 0 Å². The highest BCUT2D eigenvalue weighted by Crippen LogP contribution is 2.27. The molecule has 1 aromatic heterocycles. The molecule has 0 aliphatic carbocycles. The molecule has 0 radical (unpaired) electrons. The molecule has 1 unspecified atom stereocenters. The lowest BCUT2D eigenvalue weighted by Gasteiger charge is -2.32. The summed E-state index contributed by atoms with van der Waals surface area (Å²) in [6.07, 6.45) is 0.808. The van der Waals surface area contributed by atoms with Gasteiger partial charge in [-0.15, -0.1) is 11.3 Å². The van der Waals surface area contributed by atoms with Gasteiger partial charge < -0.3 is 5.11 Å². The van der Waals surface area contributed by atoms with E-state index in [0.29, 0.717) is 6.54 Å². The normalized spacial score (nSPS) is 13.6. The Kier molecular flexibility index (Phi) is 5.63. The Morgan fingerprint density at radius 3 is 2.44 bits per heavy atom. The monoisotopic (exact) mass is 352 g/mol. The van der Waals surface area contributed by atoms with Crippen LogP contribution in [0.5, 0.6) is 0 Å². The maximum Gasteiger partial charge on any atom is 0.123 e. The molecule has 3 aromatic rings. The first-order chi connectivity index (χ1) is 12.2. The quantitative estimate of drug-likeness (QED) is 0.658. The molecule has 3 rings (SSSR count). The summed E-state index contributed by atoms with van der Waals surface area (Å²) in [5.74, 6) is 0. The van der Waals surface area contributed by atoms with Crippen LogP contribution in [-0.2, 0) is 12.1 Å². The summed E-state index contributed by atoms with van der Waals surface area (Å²) in [5.41, 5.74) is 4.07. The van der Waals surface area contributed by atoms with Crippen LogP contribution in [0, 0.1) is 6.92 Å². The lowest BCUT2D eigenvalue weighted by Crippen LogP contribution is -2.44. The summed E-state index contributed by atoms with van der Waals surface area (Å²) < 4.78 is 0. The highest BCUT2D eigenvalue weighted by Gasteiger charge is 2.29. The van der Waals surface area contributed by atoms with Crippen molar-refractivity contribution in [3.05, 3.63) is 76.8 Å². The zero-order chi connectivity index (χ0) is 17.7. The molecule has 0 fully saturated rings. The third-order valence-corrected chi connectivity index (χ3v) is 5.60. The van der Waals surface area contributed by atoms with Gasteiger partial charge in [-0.1, -0.05) is 67.1 Å². The molecule has 0 saturated heterocycles. The van der Waals surface area contributed by atoms with Crippen LogP contribution in [0.25, 0.3) is 10.6 Å². The standard InChI is InChI=1S/C21H24N2OS/c1-3-21(15-24,18-7-5-4-6-8-18)22-13-19-14-25-20(23-19)17-11-9-16(2)10-12-17/h4-12,14,22,24H,3,13,15H2,1-2H3. The van der Waals surface area contributed by atoms with E-state index in [4.69, 9.17) is 4.98 Å². The minimum absolute atomic E-state index is 0.0580. The van der Waals surface area contributed by atoms with Gasteiger partial charge in [0.2, 0.25) is 0 Å². The SMILES string of the molecule is CCC(CO)(NCc1csc(-c2ccc(C)cc2)n1)c1ccccc1. The van der Waals surface area contributed by atoms with Gasteiger partial charge in [-0.05, 0) is 18.9 Å². The van der Waals surface area contributed by atoms with Crippen LogP contribution in [0.15, 0.2) is 60.0 Å². The Hall–Kier alpha value is -2.01. The van der Waals surface area contributed by atoms with Crippen LogP contribution < -0.4 is 5.32 Å². The number of nitrogens with one attached hydrogen (secondary N) is 1. The fourth-order valence-electron chi connectivity index (χ4n) is 2.92. The second kappa shape index (κ2) is 7.91. The average Bonchev–Trinajstić information content (AvgIpc) is 3.13. The fraction of sp³-hybridized carbons (Fsp3) is 0.286. The molecule has 25 heavy (non-hydrogen) atoms. The minimum Gasteiger partial charge on any atom is -0.394 e. The number of thiazole rings is 1. The van der Waals surface area contributed by atoms with Gasteiger partial charge in [0.1, 0.15) is 5.01 Å². The van der Waals surface area contributed by atoms with Crippen molar-refractivity contribution in [3.8, 4) is 10.6 Å². The molecule has 0 bridgehead atoms. The number of aliphatic hydroxyl groups is 1. The Balaban J connectivity index is 1.75. The van der Waals surface area contributed by atoms with Crippen molar-refractivity contribution in [1.29, 1.82) is 0 Å². The molecule has 0 aliphatic heterocycles. The van der Waals surface area contributed by atoms with E-state index in [1.807, 2.05) is 18.2 Å². The molecule has 130 valence electrons. The number of hydrogen-bond donors (Lipinski definition) is 2. The van der Waals surface area contributed by atoms with Crippen molar-refractivity contribution >= 4 is 11.3 Å². The lowest BCUT2D eigenvalue weighted by molar-refractivity contribution is 0.153. The number of hydrogen-bond acceptors (Lipinski definition) is 4. The molecular formula is C21H24N2OS. The molecule has 0 aliphatic rings. The van der Waals surface area contributed by atoms with E-state index in [0.717, 1.165) is 28.2 Å². The predicted molar refractivity (Wildman–Crippen MR) is 105 cm³/mol. The van der Waals surface area contributed by atoms with Gasteiger partial charge in [0, 0.05) is 17.5 Å². The van der Waals surface area contributed by atoms with Crippen LogP contribution in [0.1, 0.15) is 30.2 Å². The first kappa shape index (κ1) is 17.8. The van der Waals surface area contributed by atoms with Gasteiger partial charge in [-0.3, -0.25) is 5.32 Å². The first-order valence-electron chi connectivity index (χ1n) is 8.60. The molecule has 3 nitrogen and oxygen atoms in total. The smallest absolute Gasteiger partial charge is 0.123 e. The first-order valence-corrected chi connectivity index (χ1v) is 9.47. The molecule has 2 N–H and O–H groups in total. The molecule has 1 atom stereocenters. The van der Waals surface area contributed by atoms with Crippen molar-refractivity contribution in [2.75, 3.05) is 6.61 Å². The maximum atomic E-state index is 10.0. The van der Waals surface area contributed by atoms with Gasteiger partial charge in [0.05, 0.1) is 17.8 Å². The average molecular weight is 353 g/mol. The number of nitrogens with zero attached hydrogens (tertiary/aromatic N) is 1. The second-order valence-electron chi connectivity index (χ2n) is 6.32. The van der Waals surface area contributed by atoms with Crippen molar-refractivity contribution < 1.29 is 5.11 Å². The number of aromatic nitrogens is 1. The van der Waals surface area contributed by atoms with E-state index < -0.39 is 5.54 Å². The van der Waals surface area contributed by atoms with E-state index in [9.17, 15) is 5.11 Å². The van der Waals surface area contributed by atoms with Crippen molar-refractivity contribution in [2.45, 2.75) is 32.4 Å². The second-order valence-corrected chi connectivity index (χ2v) is 7.18. The Morgan fingerprint density at radius 2 is 1.80 bits per heavy atom. The number of aliphatic hydroxyl groups excluding tert-OH is 1. The summed E-state index contributed by atoms with van der Waals surface area (Å²) in [6, 6.07) is 18.6. The van der Waals surface area contributed by atoms with Crippen LogP contribution in [-0.4, -0.2) is 16.7 Å². The van der Waals surface area contributed by atoms with Gasteiger partial charge in [-0.25, -0.2) is 4.98 Å². The van der Waals surface area contributed by atoms with E-state index in [1.165, 1.54) is 5.56 Å². The molecule has 1 heterocycles. The third kappa shape index (κ3) is 3.98. The van der Waals surface area contributed by atoms with E-state index in [2.05, 4.69) is 60.9 Å². The third-order valence-electron chi connectivity index (χ3n) is 4.66. The van der Waals surface area contributed by atoms with E-state index in [1.54, 1.807) is 11.3 Å². The highest BCUT2D eigenvalue weighted by atomic mass is 32.1. The summed E-state index contributed by atoms with van der Waals surface area (Å²) in [5, 5.41) is 16.7. The van der Waals surface area contributed by atoms with Gasteiger partial charge in [0.15, 0.2) is 0 Å². The zero-order valence-corrected chi connectivity index (χ0v) is 15.5. The van der Waals surface area contributed by atoms with Gasteiger partial charge >= 0.3 is 0 Å². The summed E-state index contributed by atoms with van der Waals surface area (Å²) in [6.45, 7) is 4.87. The molecule has 0 amide bonds. The Morgan fingerprint density at radius 1 is 1.08 bits per heavy atom. The number of aryl methyl sites for hydroxylation is 1. The van der Waals surface area contributed by atoms with Crippen LogP contribution in [0.4, 0.5) is 0 Å². The largest absolute Gasteiger partial charge is 0.394 e. The summed E-state index contributed by atoms with van der Waals surface area (Å²) in [7, 11) is 0.